The molecule has 0 amide bonds. The van der Waals surface area contributed by atoms with Crippen LogP contribution in [0.4, 0.5) is 5.95 Å². The normalized spacial score (nSPS) is 11.9. The van der Waals surface area contributed by atoms with Crippen LogP contribution in [0.2, 0.25) is 0 Å². The molecule has 0 saturated heterocycles. The van der Waals surface area contributed by atoms with Crippen LogP contribution in [0.25, 0.3) is 0 Å². The van der Waals surface area contributed by atoms with Crippen LogP contribution in [0.1, 0.15) is 0 Å². The molecule has 1 aromatic heterocycles. The Morgan fingerprint density at radius 2 is 1.94 bits per heavy atom. The van der Waals surface area contributed by atoms with Gasteiger partial charge in [0.2, 0.25) is 16.0 Å². The van der Waals surface area contributed by atoms with Crippen LogP contribution >= 0.6 is 0 Å². The first-order valence-corrected chi connectivity index (χ1v) is 6.12. The Morgan fingerprint density at radius 3 is 2.44 bits per heavy atom. The number of likely N-dealkylation sites (N-methyl/N-ethyl adjacent to an activating group) is 1. The van der Waals surface area contributed by atoms with Gasteiger partial charge in [-0.15, -0.1) is 0 Å². The van der Waals surface area contributed by atoms with Gasteiger partial charge >= 0.3 is 0 Å². The van der Waals surface area contributed by atoms with Crippen molar-refractivity contribution in [1.82, 2.24) is 19.6 Å². The summed E-state index contributed by atoms with van der Waals surface area (Å²) in [6.07, 6.45) is 2.36. The zero-order chi connectivity index (χ0) is 12.2. The summed E-state index contributed by atoms with van der Waals surface area (Å²) in [5, 5.41) is 0. The Kier molecular flexibility index (Phi) is 4.16. The third-order valence-corrected chi connectivity index (χ3v) is 3.23. The van der Waals surface area contributed by atoms with Crippen molar-refractivity contribution < 1.29 is 8.42 Å². The highest BCUT2D eigenvalue weighted by Gasteiger charge is 2.14. The number of nitrogens with zero attached hydrogens (tertiary/aromatic N) is 3. The molecular weight excluding hydrogens is 230 g/mol. The van der Waals surface area contributed by atoms with Gasteiger partial charge < -0.3 is 10.6 Å². The molecule has 1 heterocycles. The molecule has 0 bridgehead atoms. The summed E-state index contributed by atoms with van der Waals surface area (Å²) in [5.74, 6) is 0.0484. The highest BCUT2D eigenvalue weighted by Crippen LogP contribution is 2.05. The summed E-state index contributed by atoms with van der Waals surface area (Å²) in [6, 6.07) is 0. The van der Waals surface area contributed by atoms with Gasteiger partial charge in [0.25, 0.3) is 0 Å². The molecular formula is C8H15N5O2S. The Labute approximate surface area is 94.7 Å². The molecule has 0 saturated carbocycles. The largest absolute Gasteiger partial charge is 0.368 e. The number of sulfonamides is 1. The van der Waals surface area contributed by atoms with Crippen LogP contribution in [-0.4, -0.2) is 50.5 Å². The maximum absolute atomic E-state index is 11.7. The maximum Gasteiger partial charge on any atom is 0.243 e. The number of nitrogen functional groups attached to an aromatic ring is 1. The van der Waals surface area contributed by atoms with E-state index in [0.717, 1.165) is 0 Å². The number of nitrogens with two attached hydrogens (primary N) is 1. The minimum absolute atomic E-state index is 0.0143. The maximum atomic E-state index is 11.7. The fourth-order valence-corrected chi connectivity index (χ4v) is 1.86. The van der Waals surface area contributed by atoms with Gasteiger partial charge in [-0.25, -0.2) is 23.1 Å². The Bertz CT molecular complexity index is 428. The first-order chi connectivity index (χ1) is 7.42. The van der Waals surface area contributed by atoms with E-state index in [1.54, 1.807) is 0 Å². The average molecular weight is 245 g/mol. The third-order valence-electron chi connectivity index (χ3n) is 1.81. The molecule has 8 heteroatoms. The Balaban J connectivity index is 2.67. The van der Waals surface area contributed by atoms with Crippen molar-refractivity contribution >= 4 is 16.0 Å². The second-order valence-corrected chi connectivity index (χ2v) is 5.24. The lowest BCUT2D eigenvalue weighted by Crippen LogP contribution is -2.31. The van der Waals surface area contributed by atoms with Gasteiger partial charge in [-0.1, -0.05) is 0 Å². The number of aromatic nitrogens is 2. The second-order valence-electron chi connectivity index (χ2n) is 3.48. The van der Waals surface area contributed by atoms with Crippen LogP contribution in [0.3, 0.4) is 0 Å². The average Bonchev–Trinajstić information content (AvgIpc) is 2.17. The fourth-order valence-electron chi connectivity index (χ4n) is 0.952. The van der Waals surface area contributed by atoms with Crippen LogP contribution in [-0.2, 0) is 10.0 Å². The van der Waals surface area contributed by atoms with Crippen molar-refractivity contribution in [2.45, 2.75) is 4.90 Å². The van der Waals surface area contributed by atoms with Crippen LogP contribution in [0.5, 0.6) is 0 Å². The number of rotatable bonds is 5. The predicted molar refractivity (Wildman–Crippen MR) is 60.2 cm³/mol. The van der Waals surface area contributed by atoms with Gasteiger partial charge in [-0.3, -0.25) is 0 Å². The quantitative estimate of drug-likeness (QED) is 0.682. The third kappa shape index (κ3) is 3.72. The number of hydrogen-bond donors (Lipinski definition) is 2. The van der Waals surface area contributed by atoms with E-state index < -0.39 is 10.0 Å². The monoisotopic (exact) mass is 245 g/mol. The lowest BCUT2D eigenvalue weighted by molar-refractivity contribution is 0.412. The zero-order valence-corrected chi connectivity index (χ0v) is 10.0. The van der Waals surface area contributed by atoms with Gasteiger partial charge in [-0.05, 0) is 14.1 Å². The smallest absolute Gasteiger partial charge is 0.243 e. The zero-order valence-electron chi connectivity index (χ0n) is 9.21. The minimum Gasteiger partial charge on any atom is -0.368 e. The summed E-state index contributed by atoms with van der Waals surface area (Å²) < 4.78 is 25.8. The van der Waals surface area contributed by atoms with E-state index in [2.05, 4.69) is 14.7 Å². The van der Waals surface area contributed by atoms with E-state index in [1.807, 2.05) is 19.0 Å². The molecule has 1 rings (SSSR count). The summed E-state index contributed by atoms with van der Waals surface area (Å²) in [4.78, 5) is 9.14. The molecule has 0 atom stereocenters. The van der Waals surface area contributed by atoms with E-state index in [-0.39, 0.29) is 10.8 Å². The number of anilines is 1. The standard InChI is InChI=1S/C8H15N5O2S/c1-13(2)4-3-12-16(14,15)7-5-10-8(9)11-6-7/h5-6,12H,3-4H2,1-2H3,(H2,9,10,11). The van der Waals surface area contributed by atoms with E-state index in [4.69, 9.17) is 5.73 Å². The molecule has 0 aliphatic rings. The fraction of sp³-hybridized carbons (Fsp3) is 0.500. The second kappa shape index (κ2) is 5.19. The van der Waals surface area contributed by atoms with E-state index in [9.17, 15) is 8.42 Å². The van der Waals surface area contributed by atoms with Crippen molar-refractivity contribution in [3.8, 4) is 0 Å². The number of hydrogen-bond acceptors (Lipinski definition) is 6. The predicted octanol–water partition coefficient (Wildman–Crippen LogP) is -1.10. The molecule has 7 nitrogen and oxygen atoms in total. The molecule has 3 N–H and O–H groups in total. The molecule has 16 heavy (non-hydrogen) atoms. The molecule has 0 fully saturated rings. The van der Waals surface area contributed by atoms with Crippen LogP contribution in [0.15, 0.2) is 17.3 Å². The molecule has 0 radical (unpaired) electrons. The van der Waals surface area contributed by atoms with E-state index >= 15 is 0 Å². The molecule has 1 aromatic rings. The topological polar surface area (TPSA) is 101 Å². The minimum atomic E-state index is -3.53. The molecule has 0 unspecified atom stereocenters. The summed E-state index contributed by atoms with van der Waals surface area (Å²) >= 11 is 0. The summed E-state index contributed by atoms with van der Waals surface area (Å²) in [7, 11) is 0.194. The van der Waals surface area contributed by atoms with Crippen molar-refractivity contribution in [3.05, 3.63) is 12.4 Å². The van der Waals surface area contributed by atoms with Gasteiger partial charge in [0, 0.05) is 13.1 Å². The van der Waals surface area contributed by atoms with Crippen LogP contribution in [0, 0.1) is 0 Å². The van der Waals surface area contributed by atoms with Crippen LogP contribution < -0.4 is 10.5 Å². The highest BCUT2D eigenvalue weighted by atomic mass is 32.2. The molecule has 0 aromatic carbocycles. The lowest BCUT2D eigenvalue weighted by Gasteiger charge is -2.10. The van der Waals surface area contributed by atoms with Crippen molar-refractivity contribution in [3.63, 3.8) is 0 Å². The lowest BCUT2D eigenvalue weighted by atomic mass is 10.6. The van der Waals surface area contributed by atoms with Gasteiger partial charge in [0.1, 0.15) is 4.90 Å². The molecule has 0 spiro atoms. The van der Waals surface area contributed by atoms with Gasteiger partial charge in [0.15, 0.2) is 0 Å². The van der Waals surface area contributed by atoms with Gasteiger partial charge in [-0.2, -0.15) is 0 Å². The first kappa shape index (κ1) is 12.8. The Hall–Kier alpha value is -1.25. The highest BCUT2D eigenvalue weighted by molar-refractivity contribution is 7.89. The van der Waals surface area contributed by atoms with Crippen molar-refractivity contribution in [2.75, 3.05) is 32.9 Å². The SMILES string of the molecule is CN(C)CCNS(=O)(=O)c1cnc(N)nc1. The molecule has 90 valence electrons. The van der Waals surface area contributed by atoms with E-state index in [1.165, 1.54) is 12.4 Å². The van der Waals surface area contributed by atoms with Crippen molar-refractivity contribution in [1.29, 1.82) is 0 Å². The summed E-state index contributed by atoms with van der Waals surface area (Å²) in [6.45, 7) is 0.953. The van der Waals surface area contributed by atoms with Crippen molar-refractivity contribution in [2.24, 2.45) is 0 Å². The summed E-state index contributed by atoms with van der Waals surface area (Å²) in [5.41, 5.74) is 5.27. The molecule has 0 aliphatic carbocycles. The molecule has 0 aliphatic heterocycles. The Morgan fingerprint density at radius 1 is 1.38 bits per heavy atom. The van der Waals surface area contributed by atoms with E-state index in [0.29, 0.717) is 13.1 Å². The number of nitrogens with one attached hydrogen (secondary N) is 1. The van der Waals surface area contributed by atoms with Gasteiger partial charge in [0.05, 0.1) is 12.4 Å². The first-order valence-electron chi connectivity index (χ1n) is 4.64.